The number of hydrogen-bond donors (Lipinski definition) is 1. The molecule has 2 saturated heterocycles. The lowest BCUT2D eigenvalue weighted by Gasteiger charge is -2.33. The Morgan fingerprint density at radius 1 is 1.21 bits per heavy atom. The SMILES string of the molecule is Cc1ccc(OC2CCN(C(=O)[C@@H]3CC[C@H](CN)O3)CC2)cc1C. The molecule has 1 aromatic rings. The van der Waals surface area contributed by atoms with Gasteiger partial charge in [0.1, 0.15) is 18.0 Å². The molecule has 5 nitrogen and oxygen atoms in total. The molecule has 5 heteroatoms. The number of piperidine rings is 1. The van der Waals surface area contributed by atoms with E-state index in [1.165, 1.54) is 11.1 Å². The maximum absolute atomic E-state index is 12.5. The number of benzene rings is 1. The summed E-state index contributed by atoms with van der Waals surface area (Å²) in [7, 11) is 0. The molecule has 1 aromatic carbocycles. The van der Waals surface area contributed by atoms with Crippen molar-refractivity contribution in [3.05, 3.63) is 29.3 Å². The molecule has 2 fully saturated rings. The van der Waals surface area contributed by atoms with E-state index in [4.69, 9.17) is 15.2 Å². The minimum atomic E-state index is -0.296. The quantitative estimate of drug-likeness (QED) is 0.918. The largest absolute Gasteiger partial charge is 0.490 e. The van der Waals surface area contributed by atoms with Gasteiger partial charge in [0.05, 0.1) is 6.10 Å². The van der Waals surface area contributed by atoms with Crippen molar-refractivity contribution in [3.63, 3.8) is 0 Å². The van der Waals surface area contributed by atoms with Gasteiger partial charge >= 0.3 is 0 Å². The second-order valence-electron chi connectivity index (χ2n) is 6.95. The highest BCUT2D eigenvalue weighted by Crippen LogP contribution is 2.25. The summed E-state index contributed by atoms with van der Waals surface area (Å²) in [6, 6.07) is 6.21. The number of likely N-dealkylation sites (tertiary alicyclic amines) is 1. The molecule has 2 atom stereocenters. The van der Waals surface area contributed by atoms with Crippen molar-refractivity contribution in [2.24, 2.45) is 5.73 Å². The molecule has 2 heterocycles. The van der Waals surface area contributed by atoms with Crippen molar-refractivity contribution in [2.75, 3.05) is 19.6 Å². The predicted octanol–water partition coefficient (Wildman–Crippen LogP) is 2.18. The first-order chi connectivity index (χ1) is 11.6. The monoisotopic (exact) mass is 332 g/mol. The van der Waals surface area contributed by atoms with E-state index in [1.807, 2.05) is 11.0 Å². The molecular formula is C19H28N2O3. The summed E-state index contributed by atoms with van der Waals surface area (Å²) in [4.78, 5) is 14.4. The zero-order valence-corrected chi connectivity index (χ0v) is 14.7. The number of amides is 1. The molecule has 0 aromatic heterocycles. The molecule has 0 aliphatic carbocycles. The van der Waals surface area contributed by atoms with Crippen LogP contribution in [0.5, 0.6) is 5.75 Å². The van der Waals surface area contributed by atoms with Gasteiger partial charge in [-0.2, -0.15) is 0 Å². The molecule has 0 bridgehead atoms. The lowest BCUT2D eigenvalue weighted by atomic mass is 10.1. The highest BCUT2D eigenvalue weighted by atomic mass is 16.5. The third-order valence-corrected chi connectivity index (χ3v) is 5.18. The first-order valence-electron chi connectivity index (χ1n) is 8.95. The maximum atomic E-state index is 12.5. The van der Waals surface area contributed by atoms with E-state index in [9.17, 15) is 4.79 Å². The molecule has 2 N–H and O–H groups in total. The molecule has 0 saturated carbocycles. The van der Waals surface area contributed by atoms with Gasteiger partial charge in [-0.15, -0.1) is 0 Å². The minimum Gasteiger partial charge on any atom is -0.490 e. The average Bonchev–Trinajstić information content (AvgIpc) is 3.07. The fourth-order valence-electron chi connectivity index (χ4n) is 3.44. The van der Waals surface area contributed by atoms with E-state index in [2.05, 4.69) is 26.0 Å². The van der Waals surface area contributed by atoms with E-state index in [0.717, 1.165) is 44.5 Å². The Kier molecular flexibility index (Phi) is 5.41. The average molecular weight is 332 g/mol. The van der Waals surface area contributed by atoms with Crippen LogP contribution in [0, 0.1) is 13.8 Å². The normalized spacial score (nSPS) is 25.0. The predicted molar refractivity (Wildman–Crippen MR) is 93.1 cm³/mol. The van der Waals surface area contributed by atoms with Gasteiger partial charge in [-0.1, -0.05) is 6.07 Å². The number of hydrogen-bond acceptors (Lipinski definition) is 4. The molecule has 2 aliphatic heterocycles. The van der Waals surface area contributed by atoms with E-state index < -0.39 is 0 Å². The zero-order valence-electron chi connectivity index (χ0n) is 14.7. The van der Waals surface area contributed by atoms with Crippen LogP contribution in [0.15, 0.2) is 18.2 Å². The number of nitrogens with two attached hydrogens (primary N) is 1. The van der Waals surface area contributed by atoms with Gasteiger partial charge in [0, 0.05) is 32.5 Å². The van der Waals surface area contributed by atoms with Gasteiger partial charge < -0.3 is 20.1 Å². The molecule has 3 rings (SSSR count). The van der Waals surface area contributed by atoms with Crippen LogP contribution in [0.4, 0.5) is 0 Å². The Hall–Kier alpha value is -1.59. The number of ether oxygens (including phenoxy) is 2. The van der Waals surface area contributed by atoms with E-state index in [1.54, 1.807) is 0 Å². The van der Waals surface area contributed by atoms with Crippen LogP contribution in [-0.4, -0.2) is 48.8 Å². The highest BCUT2D eigenvalue weighted by Gasteiger charge is 2.34. The minimum absolute atomic E-state index is 0.0459. The lowest BCUT2D eigenvalue weighted by molar-refractivity contribution is -0.144. The van der Waals surface area contributed by atoms with Gasteiger partial charge in [0.25, 0.3) is 5.91 Å². The summed E-state index contributed by atoms with van der Waals surface area (Å²) in [6.07, 6.45) is 3.34. The summed E-state index contributed by atoms with van der Waals surface area (Å²) in [5.74, 6) is 1.04. The van der Waals surface area contributed by atoms with Crippen LogP contribution in [-0.2, 0) is 9.53 Å². The van der Waals surface area contributed by atoms with E-state index >= 15 is 0 Å². The molecule has 24 heavy (non-hydrogen) atoms. The Labute approximate surface area is 144 Å². The highest BCUT2D eigenvalue weighted by molar-refractivity contribution is 5.81. The van der Waals surface area contributed by atoms with Gasteiger partial charge in [-0.3, -0.25) is 4.79 Å². The molecule has 0 radical (unpaired) electrons. The van der Waals surface area contributed by atoms with Gasteiger partial charge in [0.15, 0.2) is 0 Å². The van der Waals surface area contributed by atoms with Crippen molar-refractivity contribution in [1.29, 1.82) is 0 Å². The fraction of sp³-hybridized carbons (Fsp3) is 0.632. The summed E-state index contributed by atoms with van der Waals surface area (Å²) in [6.45, 7) is 6.17. The third kappa shape index (κ3) is 3.90. The van der Waals surface area contributed by atoms with Crippen molar-refractivity contribution in [2.45, 2.75) is 57.8 Å². The first kappa shape index (κ1) is 17.2. The van der Waals surface area contributed by atoms with Crippen molar-refractivity contribution in [1.82, 2.24) is 4.90 Å². The zero-order chi connectivity index (χ0) is 17.1. The maximum Gasteiger partial charge on any atom is 0.251 e. The van der Waals surface area contributed by atoms with Crippen LogP contribution in [0.2, 0.25) is 0 Å². The second-order valence-corrected chi connectivity index (χ2v) is 6.95. The van der Waals surface area contributed by atoms with Crippen LogP contribution < -0.4 is 10.5 Å². The van der Waals surface area contributed by atoms with Crippen molar-refractivity contribution in [3.8, 4) is 5.75 Å². The van der Waals surface area contributed by atoms with Gasteiger partial charge in [0.2, 0.25) is 0 Å². The molecule has 2 aliphatic rings. The second kappa shape index (κ2) is 7.53. The van der Waals surface area contributed by atoms with Crippen LogP contribution in [0.3, 0.4) is 0 Å². The van der Waals surface area contributed by atoms with Gasteiger partial charge in [-0.05, 0) is 49.9 Å². The Morgan fingerprint density at radius 3 is 2.58 bits per heavy atom. The Morgan fingerprint density at radius 2 is 1.96 bits per heavy atom. The molecule has 0 unspecified atom stereocenters. The Balaban J connectivity index is 1.48. The molecule has 1 amide bonds. The number of nitrogens with zero attached hydrogens (tertiary/aromatic N) is 1. The smallest absolute Gasteiger partial charge is 0.251 e. The summed E-state index contributed by atoms with van der Waals surface area (Å²) in [5.41, 5.74) is 8.14. The number of rotatable bonds is 4. The number of aryl methyl sites for hydroxylation is 2. The summed E-state index contributed by atoms with van der Waals surface area (Å²) < 4.78 is 11.8. The molecule has 0 spiro atoms. The summed E-state index contributed by atoms with van der Waals surface area (Å²) in [5, 5.41) is 0. The van der Waals surface area contributed by atoms with E-state index in [-0.39, 0.29) is 24.2 Å². The van der Waals surface area contributed by atoms with Crippen LogP contribution in [0.1, 0.15) is 36.8 Å². The lowest BCUT2D eigenvalue weighted by Crippen LogP contribution is -2.46. The molecular weight excluding hydrogens is 304 g/mol. The standard InChI is InChI=1S/C19H28N2O3/c1-13-3-4-16(11-14(13)2)23-15-7-9-21(10-8-15)19(22)18-6-5-17(12-20)24-18/h3-4,11,15,17-18H,5-10,12,20H2,1-2H3/t17-,18+/m1/s1. The number of carbonyl (C=O) groups excluding carboxylic acids is 1. The van der Waals surface area contributed by atoms with Crippen molar-refractivity contribution >= 4 is 5.91 Å². The fourth-order valence-corrected chi connectivity index (χ4v) is 3.44. The topological polar surface area (TPSA) is 64.8 Å². The number of carbonyl (C=O) groups is 1. The van der Waals surface area contributed by atoms with E-state index in [0.29, 0.717) is 6.54 Å². The van der Waals surface area contributed by atoms with Gasteiger partial charge in [-0.25, -0.2) is 0 Å². The van der Waals surface area contributed by atoms with Crippen molar-refractivity contribution < 1.29 is 14.3 Å². The third-order valence-electron chi connectivity index (χ3n) is 5.18. The Bertz CT molecular complexity index is 582. The molecule has 132 valence electrons. The first-order valence-corrected chi connectivity index (χ1v) is 8.95. The summed E-state index contributed by atoms with van der Waals surface area (Å²) >= 11 is 0. The van der Waals surface area contributed by atoms with Crippen LogP contribution >= 0.6 is 0 Å². The van der Waals surface area contributed by atoms with Crippen LogP contribution in [0.25, 0.3) is 0 Å².